The van der Waals surface area contributed by atoms with Gasteiger partial charge in [0.05, 0.1) is 11.7 Å². The maximum atomic E-state index is 4.84. The van der Waals surface area contributed by atoms with E-state index in [4.69, 9.17) is 8.75 Å². The zero-order chi connectivity index (χ0) is 32.9. The van der Waals surface area contributed by atoms with Crippen LogP contribution in [-0.2, 0) is 21.7 Å². The summed E-state index contributed by atoms with van der Waals surface area (Å²) in [6.45, 7) is 19.2. The summed E-state index contributed by atoms with van der Waals surface area (Å²) in [5.41, 5.74) is 13.9. The molecule has 5 heteroatoms. The van der Waals surface area contributed by atoms with Crippen LogP contribution in [0.5, 0.6) is 0 Å². The number of aromatic nitrogens is 2. The number of thiophene rings is 2. The van der Waals surface area contributed by atoms with E-state index < -0.39 is 0 Å². The molecule has 2 nitrogen and oxygen atoms in total. The van der Waals surface area contributed by atoms with Crippen LogP contribution < -0.4 is 0 Å². The van der Waals surface area contributed by atoms with Gasteiger partial charge in [0.2, 0.25) is 0 Å². The fourth-order valence-corrected chi connectivity index (χ4v) is 10.7. The molecular formula is C42H44N2S3. The monoisotopic (exact) mass is 672 g/mol. The summed E-state index contributed by atoms with van der Waals surface area (Å²) in [5.74, 6) is 0. The fourth-order valence-electron chi connectivity index (χ4n) is 8.02. The third-order valence-electron chi connectivity index (χ3n) is 11.4. The van der Waals surface area contributed by atoms with E-state index in [-0.39, 0.29) is 21.7 Å². The molecule has 0 saturated heterocycles. The van der Waals surface area contributed by atoms with Gasteiger partial charge in [0.25, 0.3) is 0 Å². The molecule has 3 aromatic heterocycles. The molecule has 0 atom stereocenters. The SMILES string of the molecule is CC1(C)CCC(C)(C)c2cc(-c3ccc(-c4ccc(-c5ccc(-c6ccc7c(c6)C(C)(C)CCC7(C)C)s5)c5nsnc45)s3)ccc21. The lowest BCUT2D eigenvalue weighted by Crippen LogP contribution is -2.33. The Labute approximate surface area is 292 Å². The second-order valence-corrected chi connectivity index (χ2v) is 19.2. The summed E-state index contributed by atoms with van der Waals surface area (Å²) in [5, 5.41) is 0. The number of nitrogens with zero attached hydrogens (tertiary/aromatic N) is 2. The average Bonchev–Trinajstić information content (AvgIpc) is 3.83. The van der Waals surface area contributed by atoms with Gasteiger partial charge in [-0.3, -0.25) is 0 Å². The van der Waals surface area contributed by atoms with Crippen LogP contribution in [0.2, 0.25) is 0 Å². The highest BCUT2D eigenvalue weighted by atomic mass is 32.1. The molecular weight excluding hydrogens is 629 g/mol. The molecule has 0 bridgehead atoms. The first-order valence-electron chi connectivity index (χ1n) is 17.0. The van der Waals surface area contributed by atoms with E-state index in [2.05, 4.69) is 128 Å². The van der Waals surface area contributed by atoms with Gasteiger partial charge in [-0.15, -0.1) is 22.7 Å². The highest BCUT2D eigenvalue weighted by molar-refractivity contribution is 7.19. The molecule has 3 aromatic carbocycles. The zero-order valence-electron chi connectivity index (χ0n) is 28.9. The Hall–Kier alpha value is -3.12. The minimum Gasteiger partial charge on any atom is -0.172 e. The van der Waals surface area contributed by atoms with E-state index in [1.54, 1.807) is 0 Å². The largest absolute Gasteiger partial charge is 0.172 e. The Morgan fingerprint density at radius 1 is 0.426 bits per heavy atom. The molecule has 0 aliphatic heterocycles. The van der Waals surface area contributed by atoms with E-state index in [9.17, 15) is 0 Å². The predicted octanol–water partition coefficient (Wildman–Crippen LogP) is 13.2. The second kappa shape index (κ2) is 10.7. The molecule has 2 aliphatic rings. The molecule has 6 aromatic rings. The Morgan fingerprint density at radius 2 is 0.787 bits per heavy atom. The number of hydrogen-bond donors (Lipinski definition) is 0. The van der Waals surface area contributed by atoms with Crippen molar-refractivity contribution in [2.24, 2.45) is 0 Å². The predicted molar refractivity (Wildman–Crippen MR) is 205 cm³/mol. The van der Waals surface area contributed by atoms with Gasteiger partial charge in [0.1, 0.15) is 11.0 Å². The average molecular weight is 673 g/mol. The van der Waals surface area contributed by atoms with Crippen LogP contribution in [-0.4, -0.2) is 8.75 Å². The number of hydrogen-bond acceptors (Lipinski definition) is 5. The van der Waals surface area contributed by atoms with Gasteiger partial charge < -0.3 is 0 Å². The standard InChI is InChI=1S/C42H44N2S3/c1-39(2)19-21-41(5,6)31-23-25(9-13-29(31)39)33-15-17-35(45-33)27-11-12-28(38-37(27)43-47-44-38)36-18-16-34(46-36)26-10-14-30-32(24-26)42(7,8)22-20-40(30,3)4/h9-18,23-24H,19-22H2,1-8H3. The topological polar surface area (TPSA) is 25.8 Å². The van der Waals surface area contributed by atoms with Crippen LogP contribution in [0.4, 0.5) is 0 Å². The zero-order valence-corrected chi connectivity index (χ0v) is 31.3. The minimum atomic E-state index is 0.199. The molecule has 0 N–H and O–H groups in total. The third-order valence-corrected chi connectivity index (χ3v) is 14.3. The maximum Gasteiger partial charge on any atom is 0.114 e. The van der Waals surface area contributed by atoms with Gasteiger partial charge in [-0.05, 0) is 117 Å². The molecule has 0 amide bonds. The summed E-state index contributed by atoms with van der Waals surface area (Å²) >= 11 is 5.04. The van der Waals surface area contributed by atoms with Gasteiger partial charge in [-0.2, -0.15) is 8.75 Å². The summed E-state index contributed by atoms with van der Waals surface area (Å²) in [7, 11) is 0. The Bertz CT molecular complexity index is 2020. The lowest BCUT2D eigenvalue weighted by atomic mass is 9.63. The third kappa shape index (κ3) is 5.16. The van der Waals surface area contributed by atoms with Crippen molar-refractivity contribution in [2.75, 3.05) is 0 Å². The molecule has 240 valence electrons. The molecule has 0 radical (unpaired) electrons. The summed E-state index contributed by atoms with van der Waals surface area (Å²) in [6, 6.07) is 28.0. The fraction of sp³-hybridized carbons (Fsp3) is 0.381. The Morgan fingerprint density at radius 3 is 1.19 bits per heavy atom. The normalized spacial score (nSPS) is 19.0. The Kier molecular flexibility index (Phi) is 7.09. The molecule has 2 aliphatic carbocycles. The quantitative estimate of drug-likeness (QED) is 0.186. The first-order chi connectivity index (χ1) is 22.2. The van der Waals surface area contributed by atoms with Crippen molar-refractivity contribution >= 4 is 45.4 Å². The van der Waals surface area contributed by atoms with Crippen LogP contribution in [0.3, 0.4) is 0 Å². The Balaban J connectivity index is 1.12. The van der Waals surface area contributed by atoms with Crippen molar-refractivity contribution in [1.29, 1.82) is 0 Å². The first-order valence-corrected chi connectivity index (χ1v) is 19.4. The minimum absolute atomic E-state index is 0.199. The lowest BCUT2D eigenvalue weighted by Gasteiger charge is -2.42. The van der Waals surface area contributed by atoms with Gasteiger partial charge in [0, 0.05) is 30.6 Å². The van der Waals surface area contributed by atoms with Crippen LogP contribution in [0.25, 0.3) is 52.8 Å². The van der Waals surface area contributed by atoms with Crippen molar-refractivity contribution in [3.05, 3.63) is 95.1 Å². The van der Waals surface area contributed by atoms with Crippen LogP contribution >= 0.6 is 34.4 Å². The molecule has 0 unspecified atom stereocenters. The molecule has 3 heterocycles. The van der Waals surface area contributed by atoms with Crippen LogP contribution in [0, 0.1) is 0 Å². The maximum absolute atomic E-state index is 4.84. The van der Waals surface area contributed by atoms with Gasteiger partial charge >= 0.3 is 0 Å². The summed E-state index contributed by atoms with van der Waals surface area (Å²) in [6.07, 6.45) is 4.92. The van der Waals surface area contributed by atoms with E-state index in [1.807, 2.05) is 22.7 Å². The molecule has 0 fully saturated rings. The van der Waals surface area contributed by atoms with E-state index in [0.29, 0.717) is 0 Å². The van der Waals surface area contributed by atoms with Crippen molar-refractivity contribution in [1.82, 2.24) is 8.75 Å². The second-order valence-electron chi connectivity index (χ2n) is 16.5. The van der Waals surface area contributed by atoms with Gasteiger partial charge in [0.15, 0.2) is 0 Å². The number of rotatable bonds is 4. The van der Waals surface area contributed by atoms with Crippen molar-refractivity contribution in [3.8, 4) is 41.8 Å². The lowest BCUT2D eigenvalue weighted by molar-refractivity contribution is 0.332. The van der Waals surface area contributed by atoms with Crippen LogP contribution in [0.15, 0.2) is 72.8 Å². The number of benzene rings is 3. The van der Waals surface area contributed by atoms with Crippen LogP contribution in [0.1, 0.15) is 103 Å². The summed E-state index contributed by atoms with van der Waals surface area (Å²) < 4.78 is 9.68. The van der Waals surface area contributed by atoms with Gasteiger partial charge in [-0.1, -0.05) is 91.8 Å². The van der Waals surface area contributed by atoms with E-state index in [1.165, 1.54) is 101 Å². The van der Waals surface area contributed by atoms with Crippen molar-refractivity contribution in [3.63, 3.8) is 0 Å². The van der Waals surface area contributed by atoms with Gasteiger partial charge in [-0.25, -0.2) is 0 Å². The first kappa shape index (κ1) is 31.2. The summed E-state index contributed by atoms with van der Waals surface area (Å²) in [4.78, 5) is 5.10. The molecule has 0 saturated carbocycles. The van der Waals surface area contributed by atoms with E-state index >= 15 is 0 Å². The number of fused-ring (bicyclic) bond motifs is 3. The molecule has 8 rings (SSSR count). The van der Waals surface area contributed by atoms with E-state index in [0.717, 1.165) is 11.0 Å². The van der Waals surface area contributed by atoms with Crippen molar-refractivity contribution < 1.29 is 0 Å². The highest BCUT2D eigenvalue weighted by Crippen LogP contribution is 2.50. The molecule has 47 heavy (non-hydrogen) atoms. The van der Waals surface area contributed by atoms with Crippen molar-refractivity contribution in [2.45, 2.75) is 103 Å². The highest BCUT2D eigenvalue weighted by Gasteiger charge is 2.38. The smallest absolute Gasteiger partial charge is 0.114 e. The molecule has 0 spiro atoms.